The number of halogens is 5. The highest BCUT2D eigenvalue weighted by Crippen LogP contribution is 2.48. The monoisotopic (exact) mass is 1790 g/mol. The molecule has 4 fully saturated rings. The van der Waals surface area contributed by atoms with Crippen molar-refractivity contribution >= 4 is 157 Å². The molecule has 3 aliphatic heterocycles. The second-order valence-electron chi connectivity index (χ2n) is 28.7. The number of amides is 7. The summed E-state index contributed by atoms with van der Waals surface area (Å²) in [6.45, 7) is 6.75. The number of fused-ring (bicyclic) bond motifs is 4. The first-order valence-corrected chi connectivity index (χ1v) is 39.8. The van der Waals surface area contributed by atoms with Gasteiger partial charge in [-0.05, 0) is 195 Å². The zero-order valence-electron chi connectivity index (χ0n) is 64.0. The van der Waals surface area contributed by atoms with Crippen LogP contribution in [0.2, 0.25) is 0 Å². The Morgan fingerprint density at radius 3 is 1.50 bits per heavy atom. The summed E-state index contributed by atoms with van der Waals surface area (Å²) < 4.78 is 40.2. The fourth-order valence-electron chi connectivity index (χ4n) is 14.8. The highest BCUT2D eigenvalue weighted by Gasteiger charge is 2.56. The van der Waals surface area contributed by atoms with Crippen molar-refractivity contribution in [1.82, 2.24) is 78.7 Å². The van der Waals surface area contributed by atoms with Gasteiger partial charge >= 0.3 is 0 Å². The van der Waals surface area contributed by atoms with Gasteiger partial charge in [-0.15, -0.1) is 0 Å². The van der Waals surface area contributed by atoms with E-state index >= 15 is 0 Å². The van der Waals surface area contributed by atoms with Crippen molar-refractivity contribution in [2.45, 2.75) is 110 Å². The number of piperidine rings is 1. The number of primary amides is 1. The lowest BCUT2D eigenvalue weighted by Gasteiger charge is -2.26. The summed E-state index contributed by atoms with van der Waals surface area (Å²) in [4.78, 5) is 155. The molecule has 0 bridgehead atoms. The summed E-state index contributed by atoms with van der Waals surface area (Å²) in [7, 11) is 1.62. The third-order valence-corrected chi connectivity index (χ3v) is 21.8. The van der Waals surface area contributed by atoms with Crippen LogP contribution < -0.4 is 27.0 Å². The molecule has 1 aliphatic carbocycles. The summed E-state index contributed by atoms with van der Waals surface area (Å²) >= 11 is 9.80. The number of anilines is 4. The molecule has 36 heteroatoms. The van der Waals surface area contributed by atoms with Crippen LogP contribution in [0.5, 0.6) is 0 Å². The third kappa shape index (κ3) is 18.7. The Labute approximate surface area is 697 Å². The van der Waals surface area contributed by atoms with E-state index in [2.05, 4.69) is 119 Å². The quantitative estimate of drug-likeness (QED) is 0.0239. The predicted octanol–water partition coefficient (Wildman–Crippen LogP) is 11.1. The minimum absolute atomic E-state index is 0.0271. The number of aryl methyl sites for hydroxylation is 2. The SMILES string of the molecule is CC(=O)c1nn(CC(=O)N2C[C@H](F)C[C@H]2C(=O)Nc2cccc(Br)n2)c2ccc(-c3ccnc(C)c3)cc12.COCCNc1ncc(-c2ccc3c(c2)c(C(C)=O)cn3CC(=O)N2C[C@H](F)C[C@H]2C(=O)Nc2cccc(Br)n2)cn1.Cc1ncc(-c2ccc3c(c2)c(C(N)=O)nn3CC(=O)N2[C@@H]3C[C@@H]3C[C@H]2C(=O)Nc2cccc(Br)n2)cn1. The molecule has 3 saturated heterocycles. The number of nitrogens with one attached hydrogen (secondary N) is 4. The number of hydrogen-bond acceptors (Lipinski definition) is 21. The van der Waals surface area contributed by atoms with Gasteiger partial charge in [-0.25, -0.2) is 43.7 Å². The molecule has 0 radical (unpaired) electrons. The minimum atomic E-state index is -1.33. The maximum absolute atomic E-state index is 14.5. The first-order chi connectivity index (χ1) is 56.7. The number of carbonyl (C=O) groups excluding carboxylic acids is 9. The van der Waals surface area contributed by atoms with E-state index in [9.17, 15) is 51.9 Å². The van der Waals surface area contributed by atoms with Crippen molar-refractivity contribution in [1.29, 1.82) is 0 Å². The van der Waals surface area contributed by atoms with Crippen molar-refractivity contribution in [3.8, 4) is 33.4 Å². The van der Waals surface area contributed by atoms with E-state index in [1.54, 1.807) is 133 Å². The van der Waals surface area contributed by atoms with Gasteiger partial charge in [0.15, 0.2) is 17.3 Å². The lowest BCUT2D eigenvalue weighted by molar-refractivity contribution is -0.138. The zero-order valence-corrected chi connectivity index (χ0v) is 68.8. The molecule has 6 N–H and O–H groups in total. The second kappa shape index (κ2) is 35.6. The molecule has 604 valence electrons. The molecule has 1 saturated carbocycles. The summed E-state index contributed by atoms with van der Waals surface area (Å²) in [6, 6.07) is 33.1. The lowest BCUT2D eigenvalue weighted by atomic mass is 10.0. The number of ketones is 2. The first-order valence-electron chi connectivity index (χ1n) is 37.4. The van der Waals surface area contributed by atoms with E-state index in [0.717, 1.165) is 45.5 Å². The van der Waals surface area contributed by atoms with Crippen LogP contribution in [-0.4, -0.2) is 201 Å². The number of carbonyl (C=O) groups is 9. The number of likely N-dealkylation sites (tertiary alicyclic amines) is 3. The third-order valence-electron chi connectivity index (χ3n) is 20.5. The smallest absolute Gasteiger partial charge is 0.269 e. The summed E-state index contributed by atoms with van der Waals surface area (Å²) in [5, 5.41) is 21.8. The zero-order chi connectivity index (χ0) is 83.3. The molecule has 118 heavy (non-hydrogen) atoms. The van der Waals surface area contributed by atoms with Gasteiger partial charge in [-0.2, -0.15) is 10.2 Å². The first kappa shape index (κ1) is 82.1. The van der Waals surface area contributed by atoms with Gasteiger partial charge in [0.25, 0.3) is 5.91 Å². The molecule has 9 aromatic heterocycles. The average molecular weight is 1790 g/mol. The number of alkyl halides is 2. The largest absolute Gasteiger partial charge is 0.383 e. The van der Waals surface area contributed by atoms with Crippen molar-refractivity contribution in [2.24, 2.45) is 11.7 Å². The Morgan fingerprint density at radius 2 is 0.992 bits per heavy atom. The van der Waals surface area contributed by atoms with Crippen molar-refractivity contribution < 1.29 is 56.7 Å². The molecule has 7 amide bonds. The Hall–Kier alpha value is -12.4. The van der Waals surface area contributed by atoms with Crippen molar-refractivity contribution in [3.63, 3.8) is 0 Å². The van der Waals surface area contributed by atoms with Gasteiger partial charge in [0.1, 0.15) is 92.9 Å². The van der Waals surface area contributed by atoms with Gasteiger partial charge < -0.3 is 51.0 Å². The number of nitrogens with two attached hydrogens (primary N) is 1. The average Bonchev–Trinajstić information content (AvgIpc) is 1.58. The number of methoxy groups -OCH3 is 1. The topological polar surface area (TPSA) is 390 Å². The molecule has 12 aromatic rings. The van der Waals surface area contributed by atoms with Crippen LogP contribution in [0.3, 0.4) is 0 Å². The second-order valence-corrected chi connectivity index (χ2v) is 31.1. The predicted molar refractivity (Wildman–Crippen MR) is 444 cm³/mol. The summed E-state index contributed by atoms with van der Waals surface area (Å²) in [5.41, 5.74) is 14.0. The van der Waals surface area contributed by atoms with E-state index in [4.69, 9.17) is 10.5 Å². The molecule has 7 atom stereocenters. The van der Waals surface area contributed by atoms with Gasteiger partial charge in [0, 0.05) is 121 Å². The minimum Gasteiger partial charge on any atom is -0.383 e. The lowest BCUT2D eigenvalue weighted by Crippen LogP contribution is -2.46. The van der Waals surface area contributed by atoms with Crippen LogP contribution >= 0.6 is 47.8 Å². The molecule has 4 aliphatic rings. The number of nitrogens with zero attached hydrogens (tertiary/aromatic N) is 16. The van der Waals surface area contributed by atoms with Gasteiger partial charge in [-0.3, -0.25) is 57.5 Å². The number of ether oxygens (including phenoxy) is 1. The number of aromatic nitrogens is 13. The van der Waals surface area contributed by atoms with E-state index in [-0.39, 0.29) is 86.4 Å². The number of hydrogen-bond donors (Lipinski definition) is 5. The van der Waals surface area contributed by atoms with Crippen LogP contribution in [0.4, 0.5) is 32.2 Å². The van der Waals surface area contributed by atoms with Crippen molar-refractivity contribution in [3.05, 3.63) is 201 Å². The Bertz CT molecular complexity index is 5930. The Balaban J connectivity index is 0.000000146. The highest BCUT2D eigenvalue weighted by molar-refractivity contribution is 9.11. The van der Waals surface area contributed by atoms with E-state index in [1.165, 1.54) is 33.0 Å². The van der Waals surface area contributed by atoms with Gasteiger partial charge in [0.2, 0.25) is 41.4 Å². The van der Waals surface area contributed by atoms with E-state index in [1.807, 2.05) is 55.5 Å². The van der Waals surface area contributed by atoms with Gasteiger partial charge in [0.05, 0.1) is 30.7 Å². The number of pyridine rings is 4. The van der Waals surface area contributed by atoms with Crippen LogP contribution in [-0.2, 0) is 53.1 Å². The molecule has 0 spiro atoms. The summed E-state index contributed by atoms with van der Waals surface area (Å²) in [6.07, 6.45) is 8.71. The normalized spacial score (nSPS) is 17.8. The molecule has 16 rings (SSSR count). The molecule has 31 nitrogen and oxygen atoms in total. The van der Waals surface area contributed by atoms with Crippen LogP contribution in [0.25, 0.3) is 66.1 Å². The summed E-state index contributed by atoms with van der Waals surface area (Å²) in [5.74, 6) is -1.11. The molecule has 12 heterocycles. The number of benzene rings is 3. The standard InChI is InChI=1S/C29H29BrFN7O4.C27H24BrFN6O3.C26H23BrN8O3/c1-17(39)22-15-37(23-7-6-18(10-21(22)23)19-12-33-29(34-13-19)32-8-9-42-2)16-27(40)38-14-20(31)11-24(38)28(41)36-26-5-3-4-25(30)35-26;1-15-10-18(8-9-30-15)17-6-7-21-20(11-17)26(16(2)36)33-35(21)14-25(37)34-13-19(29)12-22(34)27(38)32-24-5-3-4-23(28)31-24;1-13-29-10-16(11-30-13)14-5-6-18-17(7-14)24(25(28)37)33-34(18)12-23(36)35-19-8-15(19)9-20(35)26(38)32-22-4-2-3-21(27)31-22/h3-7,10,12-13,15,20,24H,8-9,11,14,16H2,1-2H3,(H,32,33,34)(H,35,36,41);3-11,19,22H,12-14H2,1-2H3,(H,31,32,38);2-7,10-11,15,19-20H,8-9,12H2,1H3,(H2,28,37)(H,31,32,38)/t20-,24+;19-,22+;15-,19-,20+/m111/s1. The number of Topliss-reactive ketones (excluding diaryl/α,β-unsaturated/α-hetero) is 2. The maximum Gasteiger partial charge on any atom is 0.269 e. The Morgan fingerprint density at radius 1 is 0.517 bits per heavy atom. The molecule has 0 unspecified atom stereocenters. The number of rotatable bonds is 22. The van der Waals surface area contributed by atoms with Crippen LogP contribution in [0, 0.1) is 19.8 Å². The Kier molecular flexibility index (Phi) is 24.8. The van der Waals surface area contributed by atoms with Crippen molar-refractivity contribution in [2.75, 3.05) is 54.6 Å². The van der Waals surface area contributed by atoms with Gasteiger partial charge in [-0.1, -0.05) is 36.4 Å². The maximum atomic E-state index is 14.5. The van der Waals surface area contributed by atoms with E-state index < -0.39 is 60.0 Å². The van der Waals surface area contributed by atoms with Crippen LogP contribution in [0.1, 0.15) is 82.4 Å². The fraction of sp³-hybridized carbons (Fsp3) is 0.280. The molecular weight excluding hydrogens is 1720 g/mol. The molecular formula is C82H76Br3F2N21O10. The molecule has 3 aromatic carbocycles. The fourth-order valence-corrected chi connectivity index (χ4v) is 15.8. The van der Waals surface area contributed by atoms with E-state index in [0.29, 0.717) is 107 Å². The highest BCUT2D eigenvalue weighted by atomic mass is 79.9. The van der Waals surface area contributed by atoms with Crippen LogP contribution in [0.15, 0.2) is 172 Å².